The molecule has 0 aromatic carbocycles. The first kappa shape index (κ1) is 21.0. The van der Waals surface area contributed by atoms with Crippen LogP contribution in [0.2, 0.25) is 0 Å². The van der Waals surface area contributed by atoms with Gasteiger partial charge in [0.25, 0.3) is 0 Å². The Morgan fingerprint density at radius 1 is 1.00 bits per heavy atom. The van der Waals surface area contributed by atoms with Crippen molar-refractivity contribution in [3.05, 3.63) is 61.8 Å². The molecule has 0 rings (SSSR count). The molecular formula is C17H30. The predicted octanol–water partition coefficient (Wildman–Crippen LogP) is 6.25. The molecule has 0 heteroatoms. The lowest BCUT2D eigenvalue weighted by Gasteiger charge is -1.97. The molecule has 0 nitrogen and oxygen atoms in total. The van der Waals surface area contributed by atoms with E-state index >= 15 is 0 Å². The monoisotopic (exact) mass is 234 g/mol. The van der Waals surface area contributed by atoms with Crippen LogP contribution < -0.4 is 0 Å². The van der Waals surface area contributed by atoms with Crippen molar-refractivity contribution < 1.29 is 0 Å². The van der Waals surface area contributed by atoms with E-state index in [2.05, 4.69) is 59.2 Å². The maximum absolute atomic E-state index is 3.71. The first-order valence-electron chi connectivity index (χ1n) is 6.07. The predicted molar refractivity (Wildman–Crippen MR) is 84.4 cm³/mol. The van der Waals surface area contributed by atoms with Gasteiger partial charge in [-0.05, 0) is 47.0 Å². The summed E-state index contributed by atoms with van der Waals surface area (Å²) in [6.07, 6.45) is 11.6. The first-order chi connectivity index (χ1) is 8.12. The van der Waals surface area contributed by atoms with Crippen molar-refractivity contribution in [1.29, 1.82) is 0 Å². The summed E-state index contributed by atoms with van der Waals surface area (Å²) >= 11 is 0. The molecule has 0 amide bonds. The zero-order chi connectivity index (χ0) is 14.1. The molecule has 0 saturated carbocycles. The quantitative estimate of drug-likeness (QED) is 0.493. The zero-order valence-electron chi connectivity index (χ0n) is 12.3. The van der Waals surface area contributed by atoms with E-state index < -0.39 is 0 Å². The minimum absolute atomic E-state index is 1.02. The third-order valence-electron chi connectivity index (χ3n) is 1.99. The summed E-state index contributed by atoms with van der Waals surface area (Å²) in [6.45, 7) is 21.4. The van der Waals surface area contributed by atoms with Crippen LogP contribution in [-0.2, 0) is 0 Å². The largest absolute Gasteiger partial charge is 0.106 e. The Morgan fingerprint density at radius 2 is 1.47 bits per heavy atom. The molecule has 0 atom stereocenters. The summed E-state index contributed by atoms with van der Waals surface area (Å²) in [5, 5.41) is 0. The second-order valence-corrected chi connectivity index (χ2v) is 3.63. The molecular weight excluding hydrogens is 204 g/mol. The van der Waals surface area contributed by atoms with Crippen molar-refractivity contribution in [3.8, 4) is 0 Å². The topological polar surface area (TPSA) is 0 Å². The molecule has 0 saturated heterocycles. The Hall–Kier alpha value is -1.30. The lowest BCUT2D eigenvalue weighted by Crippen LogP contribution is -1.77. The smallest absolute Gasteiger partial charge is 0.0144 e. The van der Waals surface area contributed by atoms with Gasteiger partial charge in [-0.3, -0.25) is 0 Å². The average molecular weight is 234 g/mol. The van der Waals surface area contributed by atoms with Gasteiger partial charge in [0, 0.05) is 0 Å². The fraction of sp³-hybridized carbons (Fsp3) is 0.412. The molecule has 0 aliphatic heterocycles. The summed E-state index contributed by atoms with van der Waals surface area (Å²) in [4.78, 5) is 0. The van der Waals surface area contributed by atoms with Crippen LogP contribution in [0.3, 0.4) is 0 Å². The second-order valence-electron chi connectivity index (χ2n) is 3.63. The van der Waals surface area contributed by atoms with Crippen molar-refractivity contribution in [2.45, 2.75) is 47.0 Å². The minimum atomic E-state index is 1.02. The summed E-state index contributed by atoms with van der Waals surface area (Å²) in [5.41, 5.74) is 2.89. The van der Waals surface area contributed by atoms with Gasteiger partial charge in [0.2, 0.25) is 0 Å². The SMILES string of the molecule is C=C.C=CC.C=CC/C(C)=C/CC/C(C)=C/C. The molecule has 0 aliphatic rings. The van der Waals surface area contributed by atoms with E-state index in [9.17, 15) is 0 Å². The first-order valence-corrected chi connectivity index (χ1v) is 6.07. The lowest BCUT2D eigenvalue weighted by molar-refractivity contribution is 0.957. The summed E-state index contributed by atoms with van der Waals surface area (Å²) in [5.74, 6) is 0. The van der Waals surface area contributed by atoms with E-state index in [1.54, 1.807) is 6.08 Å². The van der Waals surface area contributed by atoms with Gasteiger partial charge in [0.05, 0.1) is 0 Å². The Kier molecular flexibility index (Phi) is 24.9. The maximum atomic E-state index is 3.71. The van der Waals surface area contributed by atoms with Crippen molar-refractivity contribution >= 4 is 0 Å². The van der Waals surface area contributed by atoms with Crippen LogP contribution in [0.25, 0.3) is 0 Å². The summed E-state index contributed by atoms with van der Waals surface area (Å²) in [7, 11) is 0. The number of hydrogen-bond donors (Lipinski definition) is 0. The Bertz CT molecular complexity index is 228. The van der Waals surface area contributed by atoms with Crippen molar-refractivity contribution in [2.75, 3.05) is 0 Å². The Labute approximate surface area is 109 Å². The van der Waals surface area contributed by atoms with Crippen molar-refractivity contribution in [1.82, 2.24) is 0 Å². The van der Waals surface area contributed by atoms with Gasteiger partial charge in [-0.25, -0.2) is 0 Å². The van der Waals surface area contributed by atoms with Gasteiger partial charge in [-0.2, -0.15) is 0 Å². The molecule has 0 fully saturated rings. The highest BCUT2D eigenvalue weighted by Gasteiger charge is 1.87. The van der Waals surface area contributed by atoms with Crippen LogP contribution in [0.5, 0.6) is 0 Å². The standard InChI is InChI=1S/C12H20.C3H6.C2H4/c1-5-8-12(4)10-7-9-11(3)6-2;1-3-2;1-2/h5-6,10H,1,7-9H2,2-4H3;3H,1H2,2H3;1-2H2/b11-6+,12-10+;;. The van der Waals surface area contributed by atoms with Gasteiger partial charge in [-0.15, -0.1) is 26.3 Å². The van der Waals surface area contributed by atoms with Crippen LogP contribution in [0.1, 0.15) is 47.0 Å². The van der Waals surface area contributed by atoms with Crippen molar-refractivity contribution in [3.63, 3.8) is 0 Å². The highest BCUT2D eigenvalue weighted by molar-refractivity contribution is 5.05. The lowest BCUT2D eigenvalue weighted by atomic mass is 10.1. The number of rotatable bonds is 5. The van der Waals surface area contributed by atoms with Crippen LogP contribution in [0.15, 0.2) is 61.8 Å². The van der Waals surface area contributed by atoms with E-state index in [-0.39, 0.29) is 0 Å². The Balaban J connectivity index is -0.000000337. The van der Waals surface area contributed by atoms with Gasteiger partial charge >= 0.3 is 0 Å². The van der Waals surface area contributed by atoms with Gasteiger partial charge in [0.1, 0.15) is 0 Å². The van der Waals surface area contributed by atoms with Gasteiger partial charge < -0.3 is 0 Å². The molecule has 0 aliphatic carbocycles. The molecule has 0 N–H and O–H groups in total. The molecule has 0 aromatic heterocycles. The molecule has 0 radical (unpaired) electrons. The number of hydrogen-bond acceptors (Lipinski definition) is 0. The van der Waals surface area contributed by atoms with Crippen molar-refractivity contribution in [2.24, 2.45) is 0 Å². The summed E-state index contributed by atoms with van der Waals surface area (Å²) < 4.78 is 0. The highest BCUT2D eigenvalue weighted by Crippen LogP contribution is 2.08. The third kappa shape index (κ3) is 25.2. The molecule has 0 heterocycles. The van der Waals surface area contributed by atoms with Crippen LogP contribution in [0.4, 0.5) is 0 Å². The van der Waals surface area contributed by atoms with E-state index in [0.29, 0.717) is 0 Å². The fourth-order valence-electron chi connectivity index (χ4n) is 1.00. The van der Waals surface area contributed by atoms with E-state index in [1.807, 2.05) is 13.0 Å². The Morgan fingerprint density at radius 3 is 1.82 bits per heavy atom. The summed E-state index contributed by atoms with van der Waals surface area (Å²) in [6, 6.07) is 0. The van der Waals surface area contributed by atoms with Crippen LogP contribution in [0, 0.1) is 0 Å². The fourth-order valence-corrected chi connectivity index (χ4v) is 1.00. The normalized spacial score (nSPS) is 10.4. The third-order valence-corrected chi connectivity index (χ3v) is 1.99. The zero-order valence-corrected chi connectivity index (χ0v) is 12.3. The highest BCUT2D eigenvalue weighted by atomic mass is 13.9. The van der Waals surface area contributed by atoms with Crippen LogP contribution >= 0.6 is 0 Å². The molecule has 0 spiro atoms. The van der Waals surface area contributed by atoms with E-state index in [4.69, 9.17) is 0 Å². The molecule has 0 aromatic rings. The van der Waals surface area contributed by atoms with E-state index in [0.717, 1.165) is 12.8 Å². The second kappa shape index (κ2) is 20.2. The van der Waals surface area contributed by atoms with E-state index in [1.165, 1.54) is 17.6 Å². The average Bonchev–Trinajstić information content (AvgIpc) is 2.33. The number of allylic oxidation sites excluding steroid dienone is 6. The molecule has 0 bridgehead atoms. The van der Waals surface area contributed by atoms with Gasteiger partial charge in [-0.1, -0.05) is 35.5 Å². The molecule has 17 heavy (non-hydrogen) atoms. The van der Waals surface area contributed by atoms with Gasteiger partial charge in [0.15, 0.2) is 0 Å². The van der Waals surface area contributed by atoms with Crippen LogP contribution in [-0.4, -0.2) is 0 Å². The molecule has 0 unspecified atom stereocenters. The minimum Gasteiger partial charge on any atom is -0.106 e. The molecule has 98 valence electrons. The maximum Gasteiger partial charge on any atom is -0.0144 e.